The summed E-state index contributed by atoms with van der Waals surface area (Å²) in [4.78, 5) is 0. The van der Waals surface area contributed by atoms with Gasteiger partial charge in [0.05, 0.1) is 0 Å². The van der Waals surface area contributed by atoms with E-state index in [2.05, 4.69) is 10.2 Å². The highest BCUT2D eigenvalue weighted by molar-refractivity contribution is 5.51. The Morgan fingerprint density at radius 2 is 1.70 bits per heavy atom. The number of rotatable bonds is 4. The molecule has 0 aliphatic carbocycles. The van der Waals surface area contributed by atoms with Crippen molar-refractivity contribution in [2.45, 2.75) is 6.17 Å². The highest BCUT2D eigenvalue weighted by atomic mass is 16.3. The molecule has 100 valence electrons. The molecule has 0 aliphatic rings. The Balaban J connectivity index is 1.91. The van der Waals surface area contributed by atoms with Crippen molar-refractivity contribution < 1.29 is 5.11 Å². The molecule has 0 radical (unpaired) electrons. The molecule has 5 nitrogen and oxygen atoms in total. The van der Waals surface area contributed by atoms with Gasteiger partial charge in [-0.2, -0.15) is 10.2 Å². The largest absolute Gasteiger partial charge is 0.508 e. The second-order valence-corrected chi connectivity index (χ2v) is 4.34. The molecule has 0 unspecified atom stereocenters. The van der Waals surface area contributed by atoms with Crippen LogP contribution < -0.4 is 0 Å². The summed E-state index contributed by atoms with van der Waals surface area (Å²) in [5.74, 6) is 0.252. The molecule has 2 aromatic heterocycles. The third-order valence-electron chi connectivity index (χ3n) is 2.92. The van der Waals surface area contributed by atoms with Gasteiger partial charge in [-0.15, -0.1) is 0 Å². The first-order valence-corrected chi connectivity index (χ1v) is 6.28. The van der Waals surface area contributed by atoms with Gasteiger partial charge in [-0.25, -0.2) is 9.36 Å². The molecule has 20 heavy (non-hydrogen) atoms. The van der Waals surface area contributed by atoms with E-state index in [0.717, 1.165) is 5.56 Å². The zero-order valence-corrected chi connectivity index (χ0v) is 10.7. The number of allylic oxidation sites excluding steroid dienone is 1. The lowest BCUT2D eigenvalue weighted by Gasteiger charge is -2.14. The van der Waals surface area contributed by atoms with E-state index in [9.17, 15) is 5.11 Å². The van der Waals surface area contributed by atoms with Crippen LogP contribution in [0.2, 0.25) is 0 Å². The summed E-state index contributed by atoms with van der Waals surface area (Å²) in [6, 6.07) is 10.8. The van der Waals surface area contributed by atoms with Crippen molar-refractivity contribution in [2.75, 3.05) is 0 Å². The summed E-state index contributed by atoms with van der Waals surface area (Å²) in [6.45, 7) is 0. The zero-order chi connectivity index (χ0) is 13.8. The van der Waals surface area contributed by atoms with Crippen molar-refractivity contribution >= 4 is 6.08 Å². The minimum atomic E-state index is -0.137. The monoisotopic (exact) mass is 266 g/mol. The van der Waals surface area contributed by atoms with Crippen LogP contribution in [0.3, 0.4) is 0 Å². The van der Waals surface area contributed by atoms with Gasteiger partial charge in [0.15, 0.2) is 6.17 Å². The van der Waals surface area contributed by atoms with Crippen molar-refractivity contribution in [3.8, 4) is 5.75 Å². The molecule has 0 atom stereocenters. The Morgan fingerprint density at radius 3 is 2.25 bits per heavy atom. The smallest absolute Gasteiger partial charge is 0.162 e. The standard InChI is InChI=1S/C15H14N4O/c20-14-5-1-4-13(12-14)6-7-15(18-10-2-8-16-18)19-11-3-9-17-19/h1-12,15,20H/b7-6+. The van der Waals surface area contributed by atoms with Crippen molar-refractivity contribution in [2.24, 2.45) is 0 Å². The fourth-order valence-corrected chi connectivity index (χ4v) is 2.00. The van der Waals surface area contributed by atoms with Gasteiger partial charge in [-0.3, -0.25) is 0 Å². The Morgan fingerprint density at radius 1 is 1.00 bits per heavy atom. The normalized spacial score (nSPS) is 11.4. The topological polar surface area (TPSA) is 55.9 Å². The van der Waals surface area contributed by atoms with E-state index < -0.39 is 0 Å². The minimum Gasteiger partial charge on any atom is -0.508 e. The molecule has 0 bridgehead atoms. The van der Waals surface area contributed by atoms with Crippen molar-refractivity contribution in [3.05, 3.63) is 72.8 Å². The van der Waals surface area contributed by atoms with E-state index in [1.165, 1.54) is 0 Å². The molecule has 0 amide bonds. The minimum absolute atomic E-state index is 0.137. The lowest BCUT2D eigenvalue weighted by atomic mass is 10.2. The zero-order valence-electron chi connectivity index (χ0n) is 10.7. The van der Waals surface area contributed by atoms with Gasteiger partial charge < -0.3 is 5.11 Å². The van der Waals surface area contributed by atoms with Crippen LogP contribution in [0.25, 0.3) is 6.08 Å². The highest BCUT2D eigenvalue weighted by Crippen LogP contribution is 2.15. The average molecular weight is 266 g/mol. The van der Waals surface area contributed by atoms with Crippen LogP contribution in [-0.4, -0.2) is 24.7 Å². The molecule has 1 N–H and O–H groups in total. The van der Waals surface area contributed by atoms with E-state index in [1.807, 2.05) is 58.2 Å². The van der Waals surface area contributed by atoms with Crippen LogP contribution in [0.1, 0.15) is 11.7 Å². The first-order chi connectivity index (χ1) is 9.83. The molecule has 3 rings (SSSR count). The number of benzene rings is 1. The summed E-state index contributed by atoms with van der Waals surface area (Å²) in [5, 5.41) is 18.0. The molecule has 1 aromatic carbocycles. The van der Waals surface area contributed by atoms with E-state index in [-0.39, 0.29) is 11.9 Å². The molecule has 0 spiro atoms. The average Bonchev–Trinajstić information content (AvgIpc) is 3.12. The first-order valence-electron chi connectivity index (χ1n) is 6.28. The number of nitrogens with zero attached hydrogens (tertiary/aromatic N) is 4. The molecule has 0 saturated carbocycles. The maximum absolute atomic E-state index is 9.48. The van der Waals surface area contributed by atoms with E-state index in [4.69, 9.17) is 0 Å². The van der Waals surface area contributed by atoms with Crippen LogP contribution >= 0.6 is 0 Å². The van der Waals surface area contributed by atoms with Crippen molar-refractivity contribution in [1.29, 1.82) is 0 Å². The van der Waals surface area contributed by atoms with Gasteiger partial charge in [-0.05, 0) is 35.9 Å². The summed E-state index contributed by atoms with van der Waals surface area (Å²) in [7, 11) is 0. The quantitative estimate of drug-likeness (QED) is 0.789. The van der Waals surface area contributed by atoms with Gasteiger partial charge in [0.25, 0.3) is 0 Å². The van der Waals surface area contributed by atoms with E-state index in [1.54, 1.807) is 24.5 Å². The maximum Gasteiger partial charge on any atom is 0.162 e. The number of aromatic nitrogens is 4. The Hall–Kier alpha value is -2.82. The lowest BCUT2D eigenvalue weighted by molar-refractivity contribution is 0.433. The molecule has 3 aromatic rings. The molecule has 0 fully saturated rings. The molecule has 0 aliphatic heterocycles. The number of phenolic OH excluding ortho intramolecular Hbond substituents is 1. The molecule has 5 heteroatoms. The Labute approximate surface area is 116 Å². The summed E-state index contributed by atoms with van der Waals surface area (Å²) >= 11 is 0. The van der Waals surface area contributed by atoms with E-state index in [0.29, 0.717) is 0 Å². The maximum atomic E-state index is 9.48. The SMILES string of the molecule is Oc1cccc(/C=C/C(n2cccn2)n2cccn2)c1. The molecule has 2 heterocycles. The third-order valence-corrected chi connectivity index (χ3v) is 2.92. The first kappa shape index (κ1) is 12.2. The molecular weight excluding hydrogens is 252 g/mol. The molecular formula is C15H14N4O. The lowest BCUT2D eigenvalue weighted by Crippen LogP contribution is -2.16. The molecule has 0 saturated heterocycles. The van der Waals surface area contributed by atoms with Crippen LogP contribution in [0.15, 0.2) is 67.3 Å². The van der Waals surface area contributed by atoms with Crippen molar-refractivity contribution in [1.82, 2.24) is 19.6 Å². The summed E-state index contributed by atoms with van der Waals surface area (Å²) in [6.07, 6.45) is 11.0. The van der Waals surface area contributed by atoms with Gasteiger partial charge in [0, 0.05) is 24.8 Å². The van der Waals surface area contributed by atoms with Gasteiger partial charge >= 0.3 is 0 Å². The van der Waals surface area contributed by atoms with Crippen molar-refractivity contribution in [3.63, 3.8) is 0 Å². The highest BCUT2D eigenvalue weighted by Gasteiger charge is 2.09. The predicted molar refractivity (Wildman–Crippen MR) is 76.0 cm³/mol. The number of hydrogen-bond acceptors (Lipinski definition) is 3. The van der Waals surface area contributed by atoms with Crippen LogP contribution in [-0.2, 0) is 0 Å². The van der Waals surface area contributed by atoms with Crippen LogP contribution in [0, 0.1) is 0 Å². The van der Waals surface area contributed by atoms with Gasteiger partial charge in [-0.1, -0.05) is 18.2 Å². The number of hydrogen-bond donors (Lipinski definition) is 1. The second kappa shape index (κ2) is 5.44. The van der Waals surface area contributed by atoms with Gasteiger partial charge in [0.2, 0.25) is 0 Å². The third kappa shape index (κ3) is 2.61. The Bertz CT molecular complexity index is 652. The van der Waals surface area contributed by atoms with Crippen LogP contribution in [0.5, 0.6) is 5.75 Å². The summed E-state index contributed by atoms with van der Waals surface area (Å²) in [5.41, 5.74) is 0.925. The van der Waals surface area contributed by atoms with Gasteiger partial charge in [0.1, 0.15) is 5.75 Å². The second-order valence-electron chi connectivity index (χ2n) is 4.34. The fraction of sp³-hybridized carbons (Fsp3) is 0.0667. The summed E-state index contributed by atoms with van der Waals surface area (Å²) < 4.78 is 3.62. The predicted octanol–water partition coefficient (Wildman–Crippen LogP) is 2.55. The Kier molecular flexibility index (Phi) is 3.33. The van der Waals surface area contributed by atoms with E-state index >= 15 is 0 Å². The fourth-order valence-electron chi connectivity index (χ4n) is 2.00. The number of phenols is 1. The number of aromatic hydroxyl groups is 1. The van der Waals surface area contributed by atoms with Crippen LogP contribution in [0.4, 0.5) is 0 Å².